The number of rotatable bonds is 2. The zero-order valence-corrected chi connectivity index (χ0v) is 5.92. The summed E-state index contributed by atoms with van der Waals surface area (Å²) < 4.78 is 27.9. The molecule has 1 unspecified atom stereocenters. The molecule has 10 heavy (non-hydrogen) atoms. The van der Waals surface area contributed by atoms with E-state index in [-0.39, 0.29) is 5.48 Å². The van der Waals surface area contributed by atoms with Gasteiger partial charge >= 0.3 is 5.97 Å². The van der Waals surface area contributed by atoms with E-state index in [4.69, 9.17) is 9.66 Å². The fraction of sp³-hybridized carbons (Fsp3) is 0.667. The zero-order valence-electron chi connectivity index (χ0n) is 5.10. The normalized spacial score (nSPS) is 13.4. The van der Waals surface area contributed by atoms with Gasteiger partial charge in [0.15, 0.2) is 5.25 Å². The highest BCUT2D eigenvalue weighted by Crippen LogP contribution is 1.95. The van der Waals surface area contributed by atoms with Crippen LogP contribution >= 0.6 is 0 Å². The Morgan fingerprint density at radius 1 is 1.50 bits per heavy atom. The van der Waals surface area contributed by atoms with Gasteiger partial charge in [-0.2, -0.15) is 8.42 Å². The van der Waals surface area contributed by atoms with Crippen molar-refractivity contribution in [3.63, 3.8) is 0 Å². The van der Waals surface area contributed by atoms with Crippen LogP contribution in [0.5, 0.6) is 0 Å². The molecule has 0 aromatic heterocycles. The average Bonchev–Trinajstić information content (AvgIpc) is 1.62. The maximum absolute atomic E-state index is 9.95. The van der Waals surface area contributed by atoms with Crippen LogP contribution < -0.4 is 0 Å². The summed E-state index contributed by atoms with van der Waals surface area (Å²) in [7, 11) is -4.40. The molecule has 0 aromatic rings. The number of carboxylic acid groups (broad SMARTS) is 1. The molecule has 62 valence electrons. The first-order chi connectivity index (χ1) is 3.85. The van der Waals surface area contributed by atoms with Crippen LogP contribution in [0, 0.1) is 0 Å². The predicted octanol–water partition coefficient (Wildman–Crippen LogP) is -1.48. The number of hydrogen-bond acceptors (Lipinski definition) is 3. The summed E-state index contributed by atoms with van der Waals surface area (Å²) in [5.74, 6) is -1.56. The Hall–Kier alpha value is -0.660. The summed E-state index contributed by atoms with van der Waals surface area (Å²) in [6.45, 7) is 0.887. The van der Waals surface area contributed by atoms with Crippen molar-refractivity contribution in [3.8, 4) is 0 Å². The van der Waals surface area contributed by atoms with E-state index in [2.05, 4.69) is 0 Å². The Kier molecular flexibility index (Phi) is 4.21. The lowest BCUT2D eigenvalue weighted by Crippen LogP contribution is -2.25. The summed E-state index contributed by atoms with van der Waals surface area (Å²) in [5, 5.41) is 6.24. The standard InChI is InChI=1S/C3H6O5S.H2O/c1-2(3(4)5)9(6,7)8;/h2H,1H3,(H,4,5)(H,6,7,8);1H2. The Balaban J connectivity index is 0. The molecule has 1 atom stereocenters. The topological polar surface area (TPSA) is 123 Å². The third-order valence-electron chi connectivity index (χ3n) is 0.795. The van der Waals surface area contributed by atoms with Gasteiger partial charge in [-0.15, -0.1) is 0 Å². The molecule has 0 saturated carbocycles. The molecule has 0 rings (SSSR count). The van der Waals surface area contributed by atoms with E-state index in [1.807, 2.05) is 0 Å². The summed E-state index contributed by atoms with van der Waals surface area (Å²) >= 11 is 0. The maximum Gasteiger partial charge on any atom is 0.324 e. The predicted molar refractivity (Wildman–Crippen MR) is 32.3 cm³/mol. The molecule has 0 bridgehead atoms. The van der Waals surface area contributed by atoms with E-state index in [9.17, 15) is 13.2 Å². The van der Waals surface area contributed by atoms with Crippen LogP contribution in [0.2, 0.25) is 0 Å². The summed E-state index contributed by atoms with van der Waals surface area (Å²) in [5.41, 5.74) is 0. The molecule has 0 fully saturated rings. The summed E-state index contributed by atoms with van der Waals surface area (Å²) in [6.07, 6.45) is 0. The summed E-state index contributed by atoms with van der Waals surface area (Å²) in [4.78, 5) is 9.81. The van der Waals surface area contributed by atoms with E-state index < -0.39 is 21.3 Å². The minimum absolute atomic E-state index is 0. The minimum atomic E-state index is -4.40. The van der Waals surface area contributed by atoms with Gasteiger partial charge in [0.25, 0.3) is 10.1 Å². The van der Waals surface area contributed by atoms with Gasteiger partial charge in [0, 0.05) is 0 Å². The Morgan fingerprint density at radius 2 is 1.80 bits per heavy atom. The molecule has 0 aliphatic carbocycles. The molecule has 0 radical (unpaired) electrons. The molecular formula is C3H8O6S. The fourth-order valence-electron chi connectivity index (χ4n) is 0.127. The van der Waals surface area contributed by atoms with Crippen molar-refractivity contribution in [2.24, 2.45) is 0 Å². The molecule has 7 heteroatoms. The van der Waals surface area contributed by atoms with Crippen LogP contribution in [0.15, 0.2) is 0 Å². The van der Waals surface area contributed by atoms with Gasteiger partial charge in [-0.25, -0.2) is 0 Å². The first-order valence-electron chi connectivity index (χ1n) is 2.05. The maximum atomic E-state index is 9.95. The van der Waals surface area contributed by atoms with E-state index in [0.29, 0.717) is 0 Å². The average molecular weight is 172 g/mol. The molecule has 6 nitrogen and oxygen atoms in total. The first kappa shape index (κ1) is 12.1. The molecule has 0 spiro atoms. The van der Waals surface area contributed by atoms with Gasteiger partial charge in [0.1, 0.15) is 0 Å². The Labute approximate surface area is 57.5 Å². The summed E-state index contributed by atoms with van der Waals surface area (Å²) in [6, 6.07) is 0. The van der Waals surface area contributed by atoms with E-state index in [1.54, 1.807) is 0 Å². The number of hydrogen-bond donors (Lipinski definition) is 2. The van der Waals surface area contributed by atoms with E-state index in [0.717, 1.165) is 6.92 Å². The van der Waals surface area contributed by atoms with E-state index in [1.165, 1.54) is 0 Å². The molecule has 0 aromatic carbocycles. The lowest BCUT2D eigenvalue weighted by molar-refractivity contribution is -0.136. The van der Waals surface area contributed by atoms with Crippen LogP contribution in [0.25, 0.3) is 0 Å². The lowest BCUT2D eigenvalue weighted by Gasteiger charge is -1.98. The minimum Gasteiger partial charge on any atom is -0.480 e. The smallest absolute Gasteiger partial charge is 0.324 e. The molecule has 0 amide bonds. The van der Waals surface area contributed by atoms with Crippen LogP contribution in [-0.4, -0.2) is 34.8 Å². The fourth-order valence-corrected chi connectivity index (χ4v) is 0.382. The number of aliphatic carboxylic acids is 1. The Morgan fingerprint density at radius 3 is 1.80 bits per heavy atom. The van der Waals surface area contributed by atoms with Crippen molar-refractivity contribution in [2.75, 3.05) is 0 Å². The van der Waals surface area contributed by atoms with Crippen molar-refractivity contribution < 1.29 is 28.3 Å². The van der Waals surface area contributed by atoms with Crippen LogP contribution in [0.3, 0.4) is 0 Å². The van der Waals surface area contributed by atoms with Gasteiger partial charge in [0.2, 0.25) is 0 Å². The van der Waals surface area contributed by atoms with Crippen LogP contribution in [-0.2, 0) is 14.9 Å². The number of carbonyl (C=O) groups is 1. The van der Waals surface area contributed by atoms with Gasteiger partial charge in [-0.1, -0.05) is 0 Å². The highest BCUT2D eigenvalue weighted by Gasteiger charge is 2.24. The first-order valence-corrected chi connectivity index (χ1v) is 3.55. The highest BCUT2D eigenvalue weighted by atomic mass is 32.2. The zero-order chi connectivity index (χ0) is 7.65. The second-order valence-corrected chi connectivity index (χ2v) is 3.23. The SMILES string of the molecule is CC(C(=O)O)S(=O)(=O)O.O. The van der Waals surface area contributed by atoms with Crippen molar-refractivity contribution in [1.29, 1.82) is 0 Å². The van der Waals surface area contributed by atoms with Gasteiger partial charge in [-0.3, -0.25) is 9.35 Å². The second kappa shape index (κ2) is 3.49. The quantitative estimate of drug-likeness (QED) is 0.492. The second-order valence-electron chi connectivity index (χ2n) is 1.50. The lowest BCUT2D eigenvalue weighted by atomic mass is 10.5. The molecular weight excluding hydrogens is 164 g/mol. The third-order valence-corrected chi connectivity index (χ3v) is 1.89. The van der Waals surface area contributed by atoms with Crippen molar-refractivity contribution in [2.45, 2.75) is 12.2 Å². The molecule has 0 heterocycles. The van der Waals surface area contributed by atoms with Crippen LogP contribution in [0.4, 0.5) is 0 Å². The van der Waals surface area contributed by atoms with Gasteiger partial charge < -0.3 is 10.6 Å². The van der Waals surface area contributed by atoms with Crippen molar-refractivity contribution in [3.05, 3.63) is 0 Å². The van der Waals surface area contributed by atoms with Crippen LogP contribution in [0.1, 0.15) is 6.92 Å². The molecule has 4 N–H and O–H groups in total. The van der Waals surface area contributed by atoms with Crippen molar-refractivity contribution >= 4 is 16.1 Å². The molecule has 0 aliphatic rings. The van der Waals surface area contributed by atoms with E-state index >= 15 is 0 Å². The third kappa shape index (κ3) is 3.38. The largest absolute Gasteiger partial charge is 0.480 e. The Bertz CT molecular complexity index is 203. The van der Waals surface area contributed by atoms with Gasteiger partial charge in [-0.05, 0) is 6.92 Å². The van der Waals surface area contributed by atoms with Crippen molar-refractivity contribution in [1.82, 2.24) is 0 Å². The van der Waals surface area contributed by atoms with Gasteiger partial charge in [0.05, 0.1) is 0 Å². The molecule has 0 aliphatic heterocycles. The molecule has 0 saturated heterocycles. The number of carboxylic acids is 1. The highest BCUT2D eigenvalue weighted by molar-refractivity contribution is 7.87. The monoisotopic (exact) mass is 172 g/mol.